The van der Waals surface area contributed by atoms with E-state index in [1.54, 1.807) is 0 Å². The van der Waals surface area contributed by atoms with Crippen molar-refractivity contribution in [3.05, 3.63) is 0 Å². The summed E-state index contributed by atoms with van der Waals surface area (Å²) in [5.74, 6) is 3.13. The predicted octanol–water partition coefficient (Wildman–Crippen LogP) is 2.99. The maximum absolute atomic E-state index is 4.80. The van der Waals surface area contributed by atoms with Crippen molar-refractivity contribution >= 4 is 41.7 Å². The molecule has 4 nitrogen and oxygen atoms in total. The largest absolute Gasteiger partial charge is 0.357 e. The zero-order valence-corrected chi connectivity index (χ0v) is 18.0. The minimum absolute atomic E-state index is 0. The number of nitrogens with zero attached hydrogens (tertiary/aromatic N) is 3. The third-order valence-electron chi connectivity index (χ3n) is 3.65. The van der Waals surface area contributed by atoms with Gasteiger partial charge in [0.05, 0.1) is 0 Å². The molecule has 1 rings (SSSR count). The van der Waals surface area contributed by atoms with Crippen LogP contribution in [-0.4, -0.2) is 73.6 Å². The van der Waals surface area contributed by atoms with E-state index in [1.807, 2.05) is 11.8 Å². The molecule has 0 saturated carbocycles. The van der Waals surface area contributed by atoms with Crippen LogP contribution >= 0.6 is 35.7 Å². The Morgan fingerprint density at radius 3 is 2.41 bits per heavy atom. The van der Waals surface area contributed by atoms with Gasteiger partial charge in [-0.1, -0.05) is 13.8 Å². The van der Waals surface area contributed by atoms with E-state index in [2.05, 4.69) is 42.1 Å². The maximum Gasteiger partial charge on any atom is 0.194 e. The zero-order chi connectivity index (χ0) is 15.5. The van der Waals surface area contributed by atoms with Crippen molar-refractivity contribution in [1.29, 1.82) is 0 Å². The predicted molar refractivity (Wildman–Crippen MR) is 112 cm³/mol. The summed E-state index contributed by atoms with van der Waals surface area (Å²) in [6, 6.07) is 0. The van der Waals surface area contributed by atoms with E-state index in [0.29, 0.717) is 0 Å². The minimum Gasteiger partial charge on any atom is -0.357 e. The molecule has 0 spiro atoms. The topological polar surface area (TPSA) is 30.9 Å². The van der Waals surface area contributed by atoms with Gasteiger partial charge in [-0.05, 0) is 37.7 Å². The molecule has 0 aromatic carbocycles. The first-order chi connectivity index (χ1) is 10.2. The normalized spacial score (nSPS) is 16.8. The fraction of sp³-hybridized carbons (Fsp3) is 0.938. The number of hydrogen-bond acceptors (Lipinski definition) is 3. The summed E-state index contributed by atoms with van der Waals surface area (Å²) in [5, 5.41) is 3.45. The molecule has 1 N–H and O–H groups in total. The number of aliphatic imine (C=N–C) groups is 1. The number of hydrogen-bond donors (Lipinski definition) is 1. The third-order valence-corrected chi connectivity index (χ3v) is 4.35. The Labute approximate surface area is 158 Å². The van der Waals surface area contributed by atoms with Crippen LogP contribution in [0.3, 0.4) is 0 Å². The average Bonchev–Trinajstić information content (AvgIpc) is 2.46. The molecule has 6 heteroatoms. The average molecular weight is 442 g/mol. The Morgan fingerprint density at radius 1 is 1.18 bits per heavy atom. The van der Waals surface area contributed by atoms with Crippen molar-refractivity contribution in [3.63, 3.8) is 0 Å². The van der Waals surface area contributed by atoms with Crippen molar-refractivity contribution in [1.82, 2.24) is 15.1 Å². The smallest absolute Gasteiger partial charge is 0.194 e. The molecule has 0 amide bonds. The SMILES string of the molecule is CCNC(=NCCCCSC)N1CCN(CC(C)C)CC1.I. The summed E-state index contributed by atoms with van der Waals surface area (Å²) in [6.07, 6.45) is 4.64. The monoisotopic (exact) mass is 442 g/mol. The van der Waals surface area contributed by atoms with Gasteiger partial charge >= 0.3 is 0 Å². The fourth-order valence-electron chi connectivity index (χ4n) is 2.63. The molecule has 0 radical (unpaired) electrons. The number of nitrogens with one attached hydrogen (secondary N) is 1. The lowest BCUT2D eigenvalue weighted by atomic mass is 10.2. The van der Waals surface area contributed by atoms with Crippen LogP contribution in [0.4, 0.5) is 0 Å². The molecule has 0 aromatic rings. The van der Waals surface area contributed by atoms with Crippen molar-refractivity contribution in [2.24, 2.45) is 10.9 Å². The third kappa shape index (κ3) is 9.45. The van der Waals surface area contributed by atoms with Gasteiger partial charge in [0, 0.05) is 45.8 Å². The standard InChI is InChI=1S/C16H34N4S.HI/c1-5-17-16(18-8-6-7-13-21-4)20-11-9-19(10-12-20)14-15(2)3;/h15H,5-14H2,1-4H3,(H,17,18);1H. The van der Waals surface area contributed by atoms with Crippen LogP contribution in [0.15, 0.2) is 4.99 Å². The van der Waals surface area contributed by atoms with Crippen LogP contribution in [0.1, 0.15) is 33.6 Å². The molecule has 1 aliphatic rings. The molecule has 1 heterocycles. The van der Waals surface area contributed by atoms with Gasteiger partial charge in [-0.2, -0.15) is 11.8 Å². The minimum atomic E-state index is 0. The Kier molecular flexibility index (Phi) is 13.9. The van der Waals surface area contributed by atoms with E-state index in [1.165, 1.54) is 25.1 Å². The second-order valence-corrected chi connectivity index (χ2v) is 7.10. The van der Waals surface area contributed by atoms with Crippen LogP contribution < -0.4 is 5.32 Å². The van der Waals surface area contributed by atoms with Gasteiger partial charge in [-0.15, -0.1) is 24.0 Å². The van der Waals surface area contributed by atoms with Gasteiger partial charge in [-0.25, -0.2) is 0 Å². The number of guanidine groups is 1. The molecule has 0 bridgehead atoms. The molecule has 0 atom stereocenters. The molecule has 132 valence electrons. The summed E-state index contributed by atoms with van der Waals surface area (Å²) in [4.78, 5) is 9.80. The molecular formula is C16H35IN4S. The summed E-state index contributed by atoms with van der Waals surface area (Å²) < 4.78 is 0. The highest BCUT2D eigenvalue weighted by atomic mass is 127. The Morgan fingerprint density at radius 2 is 1.86 bits per heavy atom. The Balaban J connectivity index is 0.00000441. The Hall–Kier alpha value is 0.310. The van der Waals surface area contributed by atoms with Crippen LogP contribution in [0.2, 0.25) is 0 Å². The van der Waals surface area contributed by atoms with Gasteiger partial charge in [0.15, 0.2) is 5.96 Å². The first kappa shape index (κ1) is 22.3. The molecule has 22 heavy (non-hydrogen) atoms. The second-order valence-electron chi connectivity index (χ2n) is 6.12. The van der Waals surface area contributed by atoms with Gasteiger partial charge in [-0.3, -0.25) is 9.89 Å². The lowest BCUT2D eigenvalue weighted by molar-refractivity contribution is 0.164. The van der Waals surface area contributed by atoms with E-state index in [9.17, 15) is 0 Å². The fourth-order valence-corrected chi connectivity index (χ4v) is 3.12. The van der Waals surface area contributed by atoms with Gasteiger partial charge in [0.25, 0.3) is 0 Å². The molecule has 0 unspecified atom stereocenters. The van der Waals surface area contributed by atoms with E-state index in [4.69, 9.17) is 4.99 Å². The maximum atomic E-state index is 4.80. The van der Waals surface area contributed by atoms with Gasteiger partial charge in [0.2, 0.25) is 0 Å². The van der Waals surface area contributed by atoms with Gasteiger partial charge < -0.3 is 10.2 Å². The molecule has 1 saturated heterocycles. The van der Waals surface area contributed by atoms with Crippen molar-refractivity contribution in [2.75, 3.05) is 57.8 Å². The molecule has 1 fully saturated rings. The number of halogens is 1. The molecule has 0 aromatic heterocycles. The zero-order valence-electron chi connectivity index (χ0n) is 14.8. The number of rotatable bonds is 8. The summed E-state index contributed by atoms with van der Waals surface area (Å²) in [6.45, 7) is 14.4. The first-order valence-corrected chi connectivity index (χ1v) is 9.81. The summed E-state index contributed by atoms with van der Waals surface area (Å²) >= 11 is 1.92. The molecule has 0 aliphatic carbocycles. The quantitative estimate of drug-likeness (QED) is 0.271. The highest BCUT2D eigenvalue weighted by molar-refractivity contribution is 14.0. The molecular weight excluding hydrogens is 407 g/mol. The number of unbranched alkanes of at least 4 members (excludes halogenated alkanes) is 1. The highest BCUT2D eigenvalue weighted by Gasteiger charge is 2.19. The number of piperazine rings is 1. The molecule has 1 aliphatic heterocycles. The van der Waals surface area contributed by atoms with E-state index in [-0.39, 0.29) is 24.0 Å². The van der Waals surface area contributed by atoms with E-state index >= 15 is 0 Å². The van der Waals surface area contributed by atoms with E-state index in [0.717, 1.165) is 51.1 Å². The lowest BCUT2D eigenvalue weighted by Gasteiger charge is -2.37. The summed E-state index contributed by atoms with van der Waals surface area (Å²) in [5.41, 5.74) is 0. The first-order valence-electron chi connectivity index (χ1n) is 8.42. The van der Waals surface area contributed by atoms with Gasteiger partial charge in [0.1, 0.15) is 0 Å². The van der Waals surface area contributed by atoms with Crippen molar-refractivity contribution in [3.8, 4) is 0 Å². The lowest BCUT2D eigenvalue weighted by Crippen LogP contribution is -2.53. The van der Waals surface area contributed by atoms with Crippen molar-refractivity contribution in [2.45, 2.75) is 33.6 Å². The van der Waals surface area contributed by atoms with Crippen LogP contribution in [0.5, 0.6) is 0 Å². The highest BCUT2D eigenvalue weighted by Crippen LogP contribution is 2.06. The summed E-state index contributed by atoms with van der Waals surface area (Å²) in [7, 11) is 0. The van der Waals surface area contributed by atoms with Crippen LogP contribution in [0.25, 0.3) is 0 Å². The second kappa shape index (κ2) is 13.7. The number of thioether (sulfide) groups is 1. The Bertz CT molecular complexity index is 292. The van der Waals surface area contributed by atoms with Crippen LogP contribution in [-0.2, 0) is 0 Å². The van der Waals surface area contributed by atoms with E-state index < -0.39 is 0 Å². The van der Waals surface area contributed by atoms with Crippen molar-refractivity contribution < 1.29 is 0 Å². The van der Waals surface area contributed by atoms with Crippen LogP contribution in [0, 0.1) is 5.92 Å².